The van der Waals surface area contributed by atoms with Crippen LogP contribution >= 0.6 is 23.1 Å². The molecule has 8 heteroatoms. The predicted molar refractivity (Wildman–Crippen MR) is 79.5 cm³/mol. The first-order valence-corrected chi connectivity index (χ1v) is 8.35. The number of hydrogen-bond donors (Lipinski definition) is 2. The minimum Gasteiger partial charge on any atom is -0.381 e. The maximum Gasteiger partial charge on any atom is 0.273 e. The van der Waals surface area contributed by atoms with Crippen molar-refractivity contribution in [1.82, 2.24) is 10.3 Å². The lowest BCUT2D eigenvalue weighted by atomic mass is 10.1. The minimum absolute atomic E-state index is 0.112. The number of ether oxygens (including phenoxy) is 1. The van der Waals surface area contributed by atoms with Gasteiger partial charge in [-0.05, 0) is 19.1 Å². The molecule has 0 unspecified atom stereocenters. The Morgan fingerprint density at radius 3 is 2.70 bits per heavy atom. The standard InChI is InChI=1S/C12H17N3O3S2/c1-7(16)13-11-9(15-12(19-2)20-11)10(17)14-8-3-5-18-6-4-8/h8H,3-6H2,1-2H3,(H,13,16)(H,14,17). The number of carbonyl (C=O) groups is 2. The Morgan fingerprint density at radius 1 is 1.40 bits per heavy atom. The molecule has 6 nitrogen and oxygen atoms in total. The third-order valence-electron chi connectivity index (χ3n) is 2.84. The maximum absolute atomic E-state index is 12.3. The molecule has 2 N–H and O–H groups in total. The smallest absolute Gasteiger partial charge is 0.273 e. The largest absolute Gasteiger partial charge is 0.381 e. The van der Waals surface area contributed by atoms with Gasteiger partial charge in [0.25, 0.3) is 5.91 Å². The van der Waals surface area contributed by atoms with E-state index in [1.165, 1.54) is 30.0 Å². The second-order valence-corrected chi connectivity index (χ2v) is 6.46. The van der Waals surface area contributed by atoms with Crippen molar-refractivity contribution in [3.8, 4) is 0 Å². The van der Waals surface area contributed by atoms with Crippen molar-refractivity contribution >= 4 is 39.9 Å². The quantitative estimate of drug-likeness (QED) is 0.827. The zero-order valence-electron chi connectivity index (χ0n) is 11.4. The van der Waals surface area contributed by atoms with Crippen LogP contribution in [-0.4, -0.2) is 42.3 Å². The summed E-state index contributed by atoms with van der Waals surface area (Å²) in [4.78, 5) is 27.7. The first-order valence-electron chi connectivity index (χ1n) is 6.31. The second-order valence-electron chi connectivity index (χ2n) is 4.40. The molecule has 0 atom stereocenters. The summed E-state index contributed by atoms with van der Waals surface area (Å²) in [5.41, 5.74) is 0.293. The number of nitrogens with zero attached hydrogens (tertiary/aromatic N) is 1. The number of aromatic nitrogens is 1. The van der Waals surface area contributed by atoms with Gasteiger partial charge in [0.15, 0.2) is 10.0 Å². The molecule has 1 aromatic heterocycles. The van der Waals surface area contributed by atoms with Gasteiger partial charge in [-0.15, -0.1) is 0 Å². The Bertz CT molecular complexity index is 498. The summed E-state index contributed by atoms with van der Waals surface area (Å²) < 4.78 is 6.02. The van der Waals surface area contributed by atoms with Gasteiger partial charge in [0.2, 0.25) is 5.91 Å². The van der Waals surface area contributed by atoms with E-state index in [9.17, 15) is 9.59 Å². The summed E-state index contributed by atoms with van der Waals surface area (Å²) in [6, 6.07) is 0.112. The number of amides is 2. The highest BCUT2D eigenvalue weighted by atomic mass is 32.2. The van der Waals surface area contributed by atoms with E-state index in [0.29, 0.717) is 23.9 Å². The molecule has 2 rings (SSSR count). The molecule has 1 aliphatic rings. The highest BCUT2D eigenvalue weighted by molar-refractivity contribution is 8.00. The zero-order chi connectivity index (χ0) is 14.5. The summed E-state index contributed by atoms with van der Waals surface area (Å²) in [5, 5.41) is 6.12. The molecule has 0 bridgehead atoms. The minimum atomic E-state index is -0.239. The molecule has 0 spiro atoms. The third kappa shape index (κ3) is 3.94. The van der Waals surface area contributed by atoms with Gasteiger partial charge in [-0.1, -0.05) is 23.1 Å². The Kier molecular flexibility index (Phi) is 5.38. The molecule has 20 heavy (non-hydrogen) atoms. The van der Waals surface area contributed by atoms with E-state index in [0.717, 1.165) is 17.2 Å². The summed E-state index contributed by atoms with van der Waals surface area (Å²) in [5.74, 6) is -0.446. The van der Waals surface area contributed by atoms with Crippen LogP contribution in [0.4, 0.5) is 5.00 Å². The van der Waals surface area contributed by atoms with Crippen LogP contribution in [0.1, 0.15) is 30.3 Å². The Labute approximate surface area is 125 Å². The average molecular weight is 315 g/mol. The van der Waals surface area contributed by atoms with E-state index >= 15 is 0 Å². The average Bonchev–Trinajstić information content (AvgIpc) is 2.82. The van der Waals surface area contributed by atoms with Crippen LogP contribution in [-0.2, 0) is 9.53 Å². The number of nitrogens with one attached hydrogen (secondary N) is 2. The topological polar surface area (TPSA) is 80.3 Å². The van der Waals surface area contributed by atoms with Crippen molar-refractivity contribution < 1.29 is 14.3 Å². The highest BCUT2D eigenvalue weighted by Crippen LogP contribution is 2.30. The molecule has 1 saturated heterocycles. The number of thiazole rings is 1. The molecule has 1 fully saturated rings. The lowest BCUT2D eigenvalue weighted by molar-refractivity contribution is -0.114. The van der Waals surface area contributed by atoms with Crippen LogP contribution in [0.25, 0.3) is 0 Å². The van der Waals surface area contributed by atoms with Gasteiger partial charge in [-0.25, -0.2) is 4.98 Å². The maximum atomic E-state index is 12.3. The number of anilines is 1. The van der Waals surface area contributed by atoms with Crippen molar-refractivity contribution in [2.75, 3.05) is 24.8 Å². The predicted octanol–water partition coefficient (Wildman–Crippen LogP) is 1.73. The van der Waals surface area contributed by atoms with Gasteiger partial charge in [0, 0.05) is 26.2 Å². The van der Waals surface area contributed by atoms with Crippen LogP contribution in [0.15, 0.2) is 4.34 Å². The van der Waals surface area contributed by atoms with Gasteiger partial charge in [0.05, 0.1) is 0 Å². The first-order chi connectivity index (χ1) is 9.60. The van der Waals surface area contributed by atoms with Crippen LogP contribution < -0.4 is 10.6 Å². The van der Waals surface area contributed by atoms with Crippen LogP contribution in [0, 0.1) is 0 Å². The van der Waals surface area contributed by atoms with Crippen molar-refractivity contribution in [1.29, 1.82) is 0 Å². The Balaban J connectivity index is 2.10. The van der Waals surface area contributed by atoms with E-state index in [2.05, 4.69) is 15.6 Å². The molecule has 0 saturated carbocycles. The third-order valence-corrected chi connectivity index (χ3v) is 4.80. The summed E-state index contributed by atoms with van der Waals surface area (Å²) in [6.07, 6.45) is 3.50. The summed E-state index contributed by atoms with van der Waals surface area (Å²) >= 11 is 2.76. The molecule has 0 radical (unpaired) electrons. The van der Waals surface area contributed by atoms with Crippen LogP contribution in [0.2, 0.25) is 0 Å². The molecule has 110 valence electrons. The number of thioether (sulfide) groups is 1. The van der Waals surface area contributed by atoms with Crippen LogP contribution in [0.3, 0.4) is 0 Å². The van der Waals surface area contributed by atoms with Crippen LogP contribution in [0.5, 0.6) is 0 Å². The van der Waals surface area contributed by atoms with E-state index < -0.39 is 0 Å². The molecule has 0 aromatic carbocycles. The lowest BCUT2D eigenvalue weighted by Gasteiger charge is -2.22. The lowest BCUT2D eigenvalue weighted by Crippen LogP contribution is -2.39. The fraction of sp³-hybridized carbons (Fsp3) is 0.583. The van der Waals surface area contributed by atoms with Crippen molar-refractivity contribution in [3.05, 3.63) is 5.69 Å². The van der Waals surface area contributed by atoms with E-state index in [1.807, 2.05) is 6.26 Å². The SMILES string of the molecule is CSc1nc(C(=O)NC2CCOCC2)c(NC(C)=O)s1. The molecular formula is C12H17N3O3S2. The van der Waals surface area contributed by atoms with Gasteiger partial charge >= 0.3 is 0 Å². The highest BCUT2D eigenvalue weighted by Gasteiger charge is 2.22. The molecule has 2 heterocycles. The van der Waals surface area contributed by atoms with Crippen molar-refractivity contribution in [3.63, 3.8) is 0 Å². The first kappa shape index (κ1) is 15.3. The Hall–Kier alpha value is -1.12. The Morgan fingerprint density at radius 2 is 2.10 bits per heavy atom. The van der Waals surface area contributed by atoms with Gasteiger partial charge < -0.3 is 15.4 Å². The molecule has 1 aliphatic heterocycles. The number of rotatable bonds is 4. The molecular weight excluding hydrogens is 298 g/mol. The monoisotopic (exact) mass is 315 g/mol. The van der Waals surface area contributed by atoms with Crippen molar-refractivity contribution in [2.45, 2.75) is 30.1 Å². The van der Waals surface area contributed by atoms with Crippen molar-refractivity contribution in [2.24, 2.45) is 0 Å². The molecule has 1 aromatic rings. The fourth-order valence-electron chi connectivity index (χ4n) is 1.88. The molecule has 0 aliphatic carbocycles. The van der Waals surface area contributed by atoms with Gasteiger partial charge in [0.1, 0.15) is 5.00 Å². The normalized spacial score (nSPS) is 15.9. The summed E-state index contributed by atoms with van der Waals surface area (Å²) in [6.45, 7) is 2.74. The van der Waals surface area contributed by atoms with Gasteiger partial charge in [-0.2, -0.15) is 0 Å². The van der Waals surface area contributed by atoms with E-state index in [4.69, 9.17) is 4.74 Å². The molecule has 2 amide bonds. The summed E-state index contributed by atoms with van der Waals surface area (Å²) in [7, 11) is 0. The number of hydrogen-bond acceptors (Lipinski definition) is 6. The number of carbonyl (C=O) groups excluding carboxylic acids is 2. The zero-order valence-corrected chi connectivity index (χ0v) is 13.0. The second kappa shape index (κ2) is 7.05. The fourth-order valence-corrected chi connectivity index (χ4v) is 3.39. The van der Waals surface area contributed by atoms with Gasteiger partial charge in [-0.3, -0.25) is 9.59 Å². The van der Waals surface area contributed by atoms with E-state index in [1.54, 1.807) is 0 Å². The van der Waals surface area contributed by atoms with E-state index in [-0.39, 0.29) is 17.9 Å².